The van der Waals surface area contributed by atoms with Gasteiger partial charge in [0.15, 0.2) is 5.43 Å². The van der Waals surface area contributed by atoms with Crippen LogP contribution in [0, 0.1) is 13.8 Å². The number of hydrogen-bond donors (Lipinski definition) is 1. The van der Waals surface area contributed by atoms with Gasteiger partial charge in [-0.1, -0.05) is 18.2 Å². The molecule has 3 nitrogen and oxygen atoms in total. The Morgan fingerprint density at radius 3 is 2.54 bits per heavy atom. The molecule has 1 heterocycles. The van der Waals surface area contributed by atoms with Gasteiger partial charge in [-0.05, 0) is 60.9 Å². The van der Waals surface area contributed by atoms with Crippen LogP contribution >= 0.6 is 0 Å². The molecule has 0 spiro atoms. The van der Waals surface area contributed by atoms with Gasteiger partial charge in [-0.2, -0.15) is 0 Å². The molecule has 2 N–H and O–H groups in total. The highest BCUT2D eigenvalue weighted by atomic mass is 16.3. The summed E-state index contributed by atoms with van der Waals surface area (Å²) in [5.41, 5.74) is 12.7. The average Bonchev–Trinajstić information content (AvgIpc) is 2.55. The number of rotatable bonds is 1. The second-order valence-corrected chi connectivity index (χ2v) is 6.21. The van der Waals surface area contributed by atoms with E-state index in [0.29, 0.717) is 11.4 Å². The maximum Gasteiger partial charge on any atom is 0.182 e. The van der Waals surface area contributed by atoms with Crippen molar-refractivity contribution in [1.29, 1.82) is 0 Å². The van der Waals surface area contributed by atoms with Gasteiger partial charge in [0.2, 0.25) is 0 Å². The zero-order valence-electron chi connectivity index (χ0n) is 13.6. The van der Waals surface area contributed by atoms with Gasteiger partial charge in [-0.25, -0.2) is 0 Å². The molecule has 2 aromatic rings. The van der Waals surface area contributed by atoms with E-state index in [1.807, 2.05) is 37.3 Å². The van der Waals surface area contributed by atoms with Crippen molar-refractivity contribution in [3.63, 3.8) is 0 Å². The van der Waals surface area contributed by atoms with Crippen molar-refractivity contribution < 1.29 is 4.42 Å². The lowest BCUT2D eigenvalue weighted by Gasteiger charge is -2.17. The number of fused-ring (bicyclic) bond motifs is 2. The summed E-state index contributed by atoms with van der Waals surface area (Å²) in [4.78, 5) is 11.8. The molecule has 24 heavy (non-hydrogen) atoms. The van der Waals surface area contributed by atoms with Crippen LogP contribution in [0.3, 0.4) is 0 Å². The van der Waals surface area contributed by atoms with Crippen LogP contribution in [0.1, 0.15) is 11.1 Å². The Labute approximate surface area is 139 Å². The molecule has 0 atom stereocenters. The molecular formula is C21H17NO2. The fourth-order valence-corrected chi connectivity index (χ4v) is 3.18. The molecule has 0 saturated heterocycles. The van der Waals surface area contributed by atoms with Crippen molar-refractivity contribution in [1.82, 2.24) is 0 Å². The molecule has 3 heteroatoms. The van der Waals surface area contributed by atoms with Crippen molar-refractivity contribution in [3.05, 3.63) is 75.9 Å². The molecule has 1 aliphatic carbocycles. The van der Waals surface area contributed by atoms with Crippen molar-refractivity contribution >= 4 is 16.7 Å². The number of hydrogen-bond acceptors (Lipinski definition) is 3. The highest BCUT2D eigenvalue weighted by molar-refractivity contribution is 6.02. The van der Waals surface area contributed by atoms with Gasteiger partial charge in [-0.15, -0.1) is 0 Å². The first-order chi connectivity index (χ1) is 11.5. The molecule has 0 aromatic heterocycles. The smallest absolute Gasteiger partial charge is 0.182 e. The van der Waals surface area contributed by atoms with Crippen LogP contribution in [0.5, 0.6) is 0 Å². The Hall–Kier alpha value is -3.07. The highest BCUT2D eigenvalue weighted by Gasteiger charge is 2.18. The van der Waals surface area contributed by atoms with E-state index in [9.17, 15) is 4.79 Å². The summed E-state index contributed by atoms with van der Waals surface area (Å²) < 4.78 is 6.01. The Morgan fingerprint density at radius 1 is 0.875 bits per heavy atom. The molecule has 2 aliphatic rings. The topological polar surface area (TPSA) is 56.2 Å². The van der Waals surface area contributed by atoms with E-state index in [0.717, 1.165) is 38.8 Å². The molecule has 0 amide bonds. The Balaban J connectivity index is 2.23. The fraction of sp³-hybridized carbons (Fsp3) is 0.0952. The largest absolute Gasteiger partial charge is 0.456 e. The molecule has 0 fully saturated rings. The van der Waals surface area contributed by atoms with Crippen LogP contribution in [-0.4, -0.2) is 0 Å². The summed E-state index contributed by atoms with van der Waals surface area (Å²) in [5.74, 6) is 0.595. The fourth-order valence-electron chi connectivity index (χ4n) is 3.18. The zero-order chi connectivity index (χ0) is 16.8. The third-order valence-corrected chi connectivity index (χ3v) is 4.38. The van der Waals surface area contributed by atoms with E-state index >= 15 is 0 Å². The van der Waals surface area contributed by atoms with Gasteiger partial charge in [0, 0.05) is 28.3 Å². The maximum absolute atomic E-state index is 11.8. The molecule has 0 unspecified atom stereocenters. The molecule has 4 rings (SSSR count). The first-order valence-corrected chi connectivity index (χ1v) is 7.87. The minimum Gasteiger partial charge on any atom is -0.456 e. The predicted molar refractivity (Wildman–Crippen MR) is 98.4 cm³/mol. The Morgan fingerprint density at radius 2 is 1.71 bits per heavy atom. The van der Waals surface area contributed by atoms with Crippen molar-refractivity contribution in [2.45, 2.75) is 13.8 Å². The first-order valence-electron chi connectivity index (χ1n) is 7.87. The van der Waals surface area contributed by atoms with Gasteiger partial charge in [-0.3, -0.25) is 4.79 Å². The third-order valence-electron chi connectivity index (χ3n) is 4.38. The predicted octanol–water partition coefficient (Wildman–Crippen LogP) is 4.76. The van der Waals surface area contributed by atoms with E-state index in [4.69, 9.17) is 10.2 Å². The molecule has 1 aliphatic heterocycles. The lowest BCUT2D eigenvalue weighted by Crippen LogP contribution is -2.00. The second-order valence-electron chi connectivity index (χ2n) is 6.21. The van der Waals surface area contributed by atoms with Gasteiger partial charge in [0.1, 0.15) is 11.3 Å². The Kier molecular flexibility index (Phi) is 3.17. The number of nitrogen functional groups attached to an aromatic ring is 1. The summed E-state index contributed by atoms with van der Waals surface area (Å²) in [7, 11) is 0. The molecule has 0 bridgehead atoms. The molecule has 0 saturated carbocycles. The monoisotopic (exact) mass is 315 g/mol. The second kappa shape index (κ2) is 5.24. The van der Waals surface area contributed by atoms with Crippen molar-refractivity contribution in [2.24, 2.45) is 0 Å². The van der Waals surface area contributed by atoms with Crippen LogP contribution in [0.2, 0.25) is 0 Å². The number of aryl methyl sites for hydroxylation is 2. The van der Waals surface area contributed by atoms with Crippen LogP contribution < -0.4 is 11.2 Å². The van der Waals surface area contributed by atoms with E-state index in [1.165, 1.54) is 0 Å². The van der Waals surface area contributed by atoms with E-state index < -0.39 is 0 Å². The summed E-state index contributed by atoms with van der Waals surface area (Å²) in [5, 5.41) is 1.01. The van der Waals surface area contributed by atoms with Crippen molar-refractivity contribution in [3.8, 4) is 22.5 Å². The lowest BCUT2D eigenvalue weighted by atomic mass is 9.90. The van der Waals surface area contributed by atoms with E-state index in [1.54, 1.807) is 12.1 Å². The maximum atomic E-state index is 11.8. The van der Waals surface area contributed by atoms with E-state index in [2.05, 4.69) is 19.1 Å². The molecule has 2 aromatic carbocycles. The van der Waals surface area contributed by atoms with Crippen LogP contribution in [0.4, 0.5) is 5.69 Å². The first kappa shape index (κ1) is 14.5. The van der Waals surface area contributed by atoms with Gasteiger partial charge in [0.25, 0.3) is 0 Å². The Bertz CT molecular complexity index is 1110. The summed E-state index contributed by atoms with van der Waals surface area (Å²) >= 11 is 0. The quantitative estimate of drug-likeness (QED) is 0.407. The summed E-state index contributed by atoms with van der Waals surface area (Å²) in [6.45, 7) is 4.08. The standard InChI is InChI=1S/C21H17NO2/c1-12-3-7-16-19(9-12)24-20-11-15(23)6-8-17(20)21(16)18-10-14(22)5-4-13(18)2/h3-11H,22H2,1-2H3. The number of benzene rings is 3. The number of nitrogens with two attached hydrogens (primary N) is 1. The van der Waals surface area contributed by atoms with Gasteiger partial charge >= 0.3 is 0 Å². The third kappa shape index (κ3) is 2.26. The molecular weight excluding hydrogens is 298 g/mol. The number of anilines is 1. The van der Waals surface area contributed by atoms with E-state index in [-0.39, 0.29) is 5.43 Å². The minimum absolute atomic E-state index is 0.0616. The molecule has 118 valence electrons. The summed E-state index contributed by atoms with van der Waals surface area (Å²) in [6, 6.07) is 17.0. The lowest BCUT2D eigenvalue weighted by molar-refractivity contribution is 0.619. The average molecular weight is 315 g/mol. The van der Waals surface area contributed by atoms with Gasteiger partial charge in [0.05, 0.1) is 0 Å². The minimum atomic E-state index is -0.0616. The van der Waals surface area contributed by atoms with Crippen LogP contribution in [0.25, 0.3) is 33.4 Å². The highest BCUT2D eigenvalue weighted by Crippen LogP contribution is 2.41. The normalized spacial score (nSPS) is 11.2. The van der Waals surface area contributed by atoms with Crippen LogP contribution in [-0.2, 0) is 0 Å². The van der Waals surface area contributed by atoms with Crippen LogP contribution in [0.15, 0.2) is 63.8 Å². The van der Waals surface area contributed by atoms with Gasteiger partial charge < -0.3 is 10.2 Å². The van der Waals surface area contributed by atoms with Crippen molar-refractivity contribution in [2.75, 3.05) is 5.73 Å². The SMILES string of the molecule is Cc1ccc2c(-c3cc(N)ccc3C)c3ccc(=O)cc-3oc2c1. The molecule has 0 radical (unpaired) electrons. The zero-order valence-corrected chi connectivity index (χ0v) is 13.6. The summed E-state index contributed by atoms with van der Waals surface area (Å²) in [6.07, 6.45) is 0.